The normalized spacial score (nSPS) is 18.8. The second kappa shape index (κ2) is 11.0. The van der Waals surface area contributed by atoms with Gasteiger partial charge in [0.05, 0.1) is 11.0 Å². The van der Waals surface area contributed by atoms with Crippen LogP contribution in [0, 0.1) is 11.3 Å². The van der Waals surface area contributed by atoms with Gasteiger partial charge >= 0.3 is 6.09 Å². The molecule has 1 saturated heterocycles. The van der Waals surface area contributed by atoms with Crippen LogP contribution in [0.3, 0.4) is 0 Å². The third-order valence-corrected chi connectivity index (χ3v) is 8.76. The van der Waals surface area contributed by atoms with E-state index in [0.717, 1.165) is 22.3 Å². The van der Waals surface area contributed by atoms with Crippen LogP contribution in [0.2, 0.25) is 0 Å². The molecule has 2 aliphatic heterocycles. The van der Waals surface area contributed by atoms with Crippen LogP contribution >= 0.6 is 0 Å². The van der Waals surface area contributed by atoms with Gasteiger partial charge in [0.1, 0.15) is 17.2 Å². The highest BCUT2D eigenvalue weighted by atomic mass is 32.2. The first-order valence-electron chi connectivity index (χ1n) is 12.8. The topological polar surface area (TPSA) is 138 Å². The zero-order valence-electron chi connectivity index (χ0n) is 22.6. The number of rotatable bonds is 6. The molecule has 10 nitrogen and oxygen atoms in total. The zero-order valence-corrected chi connectivity index (χ0v) is 23.4. The van der Waals surface area contributed by atoms with E-state index in [1.807, 2.05) is 30.3 Å². The molecule has 0 unspecified atom stereocenters. The molecule has 39 heavy (non-hydrogen) atoms. The fourth-order valence-corrected chi connectivity index (χ4v) is 6.09. The van der Waals surface area contributed by atoms with Crippen LogP contribution in [0.4, 0.5) is 4.79 Å². The molecule has 2 aliphatic rings. The summed E-state index contributed by atoms with van der Waals surface area (Å²) in [5.74, 6) is -0.446. The largest absolute Gasteiger partial charge is 0.444 e. The number of benzene rings is 2. The first-order valence-corrected chi connectivity index (χ1v) is 14.3. The Labute approximate surface area is 229 Å². The lowest BCUT2D eigenvalue weighted by molar-refractivity contribution is -0.132. The number of sulfonamides is 1. The maximum atomic E-state index is 13.3. The molecule has 208 valence electrons. The summed E-state index contributed by atoms with van der Waals surface area (Å²) in [6, 6.07) is 14.2. The number of amides is 2. The smallest absolute Gasteiger partial charge is 0.408 e. The van der Waals surface area contributed by atoms with E-state index in [4.69, 9.17) is 9.47 Å². The lowest BCUT2D eigenvalue weighted by atomic mass is 9.88. The van der Waals surface area contributed by atoms with E-state index in [1.165, 1.54) is 4.31 Å². The lowest BCUT2D eigenvalue weighted by Gasteiger charge is -2.37. The Morgan fingerprint density at radius 2 is 1.77 bits per heavy atom. The molecule has 2 amide bonds. The van der Waals surface area contributed by atoms with E-state index in [0.29, 0.717) is 24.7 Å². The van der Waals surface area contributed by atoms with Crippen molar-refractivity contribution in [2.45, 2.75) is 68.7 Å². The van der Waals surface area contributed by atoms with Gasteiger partial charge in [-0.3, -0.25) is 4.79 Å². The van der Waals surface area contributed by atoms with Crippen molar-refractivity contribution in [1.29, 1.82) is 5.26 Å². The number of hydrogen-bond acceptors (Lipinski definition) is 7. The first kappa shape index (κ1) is 28.5. The minimum Gasteiger partial charge on any atom is -0.444 e. The van der Waals surface area contributed by atoms with Gasteiger partial charge in [-0.15, -0.1) is 0 Å². The zero-order chi connectivity index (χ0) is 28.4. The Bertz CT molecular complexity index is 1390. The molecule has 2 N–H and O–H groups in total. The third-order valence-electron chi connectivity index (χ3n) is 6.85. The Kier molecular flexibility index (Phi) is 8.02. The third kappa shape index (κ3) is 6.41. The van der Waals surface area contributed by atoms with Gasteiger partial charge < -0.3 is 20.1 Å². The molecule has 0 spiro atoms. The summed E-state index contributed by atoms with van der Waals surface area (Å²) in [5.41, 5.74) is 1.46. The van der Waals surface area contributed by atoms with Gasteiger partial charge in [-0.05, 0) is 55.2 Å². The number of alkyl carbamates (subject to hydrolysis) is 1. The number of nitriles is 1. The Morgan fingerprint density at radius 3 is 2.38 bits per heavy atom. The SMILES string of the molecule is CN1Cc2cc(-c3ccc(C[C@@H](C#N)NC(=O)C4(NC(=O)OC(C)(C)C)CCOCC4)cc3)ccc2S1(=O)=O. The van der Waals surface area contributed by atoms with Gasteiger partial charge in [-0.25, -0.2) is 13.2 Å². The fourth-order valence-electron chi connectivity index (χ4n) is 4.75. The van der Waals surface area contributed by atoms with E-state index in [1.54, 1.807) is 40.0 Å². The van der Waals surface area contributed by atoms with Crippen molar-refractivity contribution in [3.63, 3.8) is 0 Å². The standard InChI is InChI=1S/C28H34N4O6S/c1-27(2,3)38-26(34)31-28(11-13-37-14-12-28)25(33)30-23(17-29)15-19-5-7-20(8-6-19)21-9-10-24-22(16-21)18-32(4)39(24,35)36/h5-10,16,23H,11-15,18H2,1-4H3,(H,30,33)(H,31,34)/t23-/m0/s1. The quantitative estimate of drug-likeness (QED) is 0.560. The number of hydrogen-bond donors (Lipinski definition) is 2. The van der Waals surface area contributed by atoms with Crippen LogP contribution < -0.4 is 10.6 Å². The molecule has 1 fully saturated rings. The molecule has 11 heteroatoms. The van der Waals surface area contributed by atoms with E-state index in [9.17, 15) is 23.3 Å². The van der Waals surface area contributed by atoms with Crippen molar-refractivity contribution in [2.24, 2.45) is 0 Å². The maximum absolute atomic E-state index is 13.3. The van der Waals surface area contributed by atoms with E-state index in [-0.39, 0.29) is 19.3 Å². The van der Waals surface area contributed by atoms with Gasteiger partial charge in [0.25, 0.3) is 0 Å². The van der Waals surface area contributed by atoms with Crippen molar-refractivity contribution in [3.8, 4) is 17.2 Å². The first-order chi connectivity index (χ1) is 18.3. The minimum atomic E-state index is -3.41. The number of fused-ring (bicyclic) bond motifs is 1. The van der Waals surface area contributed by atoms with E-state index < -0.39 is 39.2 Å². The summed E-state index contributed by atoms with van der Waals surface area (Å²) >= 11 is 0. The highest BCUT2D eigenvalue weighted by Crippen LogP contribution is 2.32. The lowest BCUT2D eigenvalue weighted by Crippen LogP contribution is -2.63. The van der Waals surface area contributed by atoms with Gasteiger partial charge in [0, 0.05) is 46.1 Å². The number of carbonyl (C=O) groups is 2. The van der Waals surface area contributed by atoms with Gasteiger partial charge in [0.15, 0.2) is 0 Å². The molecule has 0 saturated carbocycles. The molecular weight excluding hydrogens is 520 g/mol. The summed E-state index contributed by atoms with van der Waals surface area (Å²) in [6.07, 6.45) is 0.111. The molecule has 0 radical (unpaired) electrons. The van der Waals surface area contributed by atoms with Gasteiger partial charge in [-0.1, -0.05) is 30.3 Å². The number of ether oxygens (including phenoxy) is 2. The summed E-state index contributed by atoms with van der Waals surface area (Å²) in [7, 11) is -1.85. The number of nitrogens with zero attached hydrogens (tertiary/aromatic N) is 2. The molecular formula is C28H34N4O6S. The van der Waals surface area contributed by atoms with Crippen LogP contribution in [0.5, 0.6) is 0 Å². The minimum absolute atomic E-state index is 0.267. The number of nitrogens with one attached hydrogen (secondary N) is 2. The number of carbonyl (C=O) groups excluding carboxylic acids is 2. The van der Waals surface area contributed by atoms with Crippen LogP contribution in [-0.4, -0.2) is 62.2 Å². The highest BCUT2D eigenvalue weighted by Gasteiger charge is 2.43. The molecule has 0 aromatic heterocycles. The average molecular weight is 555 g/mol. The van der Waals surface area contributed by atoms with Gasteiger partial charge in [0.2, 0.25) is 15.9 Å². The Morgan fingerprint density at radius 1 is 1.13 bits per heavy atom. The summed E-state index contributed by atoms with van der Waals surface area (Å²) in [6.45, 7) is 6.16. The average Bonchev–Trinajstić information content (AvgIpc) is 3.10. The Balaban J connectivity index is 1.44. The van der Waals surface area contributed by atoms with Crippen LogP contribution in [-0.2, 0) is 37.3 Å². The molecule has 2 aromatic rings. The summed E-state index contributed by atoms with van der Waals surface area (Å²) in [4.78, 5) is 26.2. The predicted molar refractivity (Wildman–Crippen MR) is 144 cm³/mol. The van der Waals surface area contributed by atoms with Crippen LogP contribution in [0.25, 0.3) is 11.1 Å². The highest BCUT2D eigenvalue weighted by molar-refractivity contribution is 7.89. The molecule has 1 atom stereocenters. The van der Waals surface area contributed by atoms with Crippen molar-refractivity contribution in [1.82, 2.24) is 14.9 Å². The second-order valence-electron chi connectivity index (χ2n) is 11.0. The molecule has 0 aliphatic carbocycles. The van der Waals surface area contributed by atoms with Crippen molar-refractivity contribution < 1.29 is 27.5 Å². The molecule has 2 aromatic carbocycles. The van der Waals surface area contributed by atoms with E-state index in [2.05, 4.69) is 16.7 Å². The maximum Gasteiger partial charge on any atom is 0.408 e. The second-order valence-corrected chi connectivity index (χ2v) is 13.0. The van der Waals surface area contributed by atoms with Crippen molar-refractivity contribution in [3.05, 3.63) is 53.6 Å². The predicted octanol–water partition coefficient (Wildman–Crippen LogP) is 3.11. The fraction of sp³-hybridized carbons (Fsp3) is 0.464. The van der Waals surface area contributed by atoms with Crippen molar-refractivity contribution in [2.75, 3.05) is 20.3 Å². The van der Waals surface area contributed by atoms with Crippen LogP contribution in [0.1, 0.15) is 44.7 Å². The van der Waals surface area contributed by atoms with Crippen LogP contribution in [0.15, 0.2) is 47.4 Å². The molecule has 2 heterocycles. The Hall–Kier alpha value is -3.46. The monoisotopic (exact) mass is 554 g/mol. The summed E-state index contributed by atoms with van der Waals surface area (Å²) < 4.78 is 36.8. The summed E-state index contributed by atoms with van der Waals surface area (Å²) in [5, 5.41) is 15.3. The van der Waals surface area contributed by atoms with Gasteiger partial charge in [-0.2, -0.15) is 9.57 Å². The van der Waals surface area contributed by atoms with Crippen molar-refractivity contribution >= 4 is 22.0 Å². The molecule has 4 rings (SSSR count). The molecule has 0 bridgehead atoms. The van der Waals surface area contributed by atoms with E-state index >= 15 is 0 Å².